The van der Waals surface area contributed by atoms with Crippen molar-refractivity contribution in [3.8, 4) is 0 Å². The number of hydrogen-bond donors (Lipinski definition) is 3. The molecule has 1 aliphatic rings. The van der Waals surface area contributed by atoms with Gasteiger partial charge in [0.05, 0.1) is 0 Å². The van der Waals surface area contributed by atoms with E-state index in [0.717, 1.165) is 25.3 Å². The first-order valence-electron chi connectivity index (χ1n) is 7.28. The van der Waals surface area contributed by atoms with Gasteiger partial charge in [0.2, 0.25) is 0 Å². The second-order valence-electron chi connectivity index (χ2n) is 5.13. The zero-order chi connectivity index (χ0) is 14.2. The van der Waals surface area contributed by atoms with E-state index in [1.807, 2.05) is 18.2 Å². The number of urea groups is 1. The minimum absolute atomic E-state index is 0.191. The quantitative estimate of drug-likeness (QED) is 0.692. The molecule has 1 fully saturated rings. The van der Waals surface area contributed by atoms with Crippen LogP contribution in [0, 0.1) is 0 Å². The molecular formula is C15H24N4O. The molecule has 0 bridgehead atoms. The van der Waals surface area contributed by atoms with E-state index in [2.05, 4.69) is 26.9 Å². The summed E-state index contributed by atoms with van der Waals surface area (Å²) in [6, 6.07) is 7.73. The molecule has 0 atom stereocenters. The van der Waals surface area contributed by atoms with Gasteiger partial charge in [-0.2, -0.15) is 0 Å². The Balaban J connectivity index is 1.71. The summed E-state index contributed by atoms with van der Waals surface area (Å²) in [5.41, 5.74) is 2.00. The van der Waals surface area contributed by atoms with Crippen LogP contribution < -0.4 is 16.0 Å². The first-order chi connectivity index (χ1) is 9.78. The number of carbonyl (C=O) groups excluding carboxylic acids is 1. The Morgan fingerprint density at radius 2 is 2.10 bits per heavy atom. The van der Waals surface area contributed by atoms with E-state index in [9.17, 15) is 4.79 Å². The molecule has 110 valence electrons. The average molecular weight is 276 g/mol. The standard InChI is InChI=1S/C15H24N4O/c1-16-15(20)18-14-6-4-5-13(11-14)12-17-7-10-19-8-2-3-9-19/h4-6,11,17H,2-3,7-10,12H2,1H3,(H2,16,18,20). The van der Waals surface area contributed by atoms with Crippen LogP contribution in [0.3, 0.4) is 0 Å². The molecule has 5 nitrogen and oxygen atoms in total. The van der Waals surface area contributed by atoms with Crippen molar-refractivity contribution >= 4 is 11.7 Å². The van der Waals surface area contributed by atoms with E-state index < -0.39 is 0 Å². The fraction of sp³-hybridized carbons (Fsp3) is 0.533. The third kappa shape index (κ3) is 4.83. The van der Waals surface area contributed by atoms with Gasteiger partial charge in [-0.05, 0) is 43.6 Å². The smallest absolute Gasteiger partial charge is 0.318 e. The van der Waals surface area contributed by atoms with Crippen LogP contribution in [0.2, 0.25) is 0 Å². The number of rotatable bonds is 6. The molecule has 1 aromatic rings. The number of nitrogens with zero attached hydrogens (tertiary/aromatic N) is 1. The lowest BCUT2D eigenvalue weighted by Crippen LogP contribution is -2.29. The van der Waals surface area contributed by atoms with Crippen LogP contribution in [-0.2, 0) is 6.54 Å². The summed E-state index contributed by atoms with van der Waals surface area (Å²) in [6.45, 7) is 5.45. The Hall–Kier alpha value is -1.59. The Labute approximate surface area is 120 Å². The first kappa shape index (κ1) is 14.8. The van der Waals surface area contributed by atoms with Gasteiger partial charge in [0.25, 0.3) is 0 Å². The molecule has 0 unspecified atom stereocenters. The van der Waals surface area contributed by atoms with E-state index in [-0.39, 0.29) is 6.03 Å². The fourth-order valence-electron chi connectivity index (χ4n) is 2.43. The van der Waals surface area contributed by atoms with E-state index >= 15 is 0 Å². The Morgan fingerprint density at radius 1 is 1.30 bits per heavy atom. The molecule has 2 rings (SSSR count). The molecule has 1 saturated heterocycles. The number of nitrogens with one attached hydrogen (secondary N) is 3. The summed E-state index contributed by atoms with van der Waals surface area (Å²) in [7, 11) is 1.61. The number of benzene rings is 1. The number of hydrogen-bond acceptors (Lipinski definition) is 3. The van der Waals surface area contributed by atoms with Gasteiger partial charge in [0.15, 0.2) is 0 Å². The molecule has 1 aliphatic heterocycles. The van der Waals surface area contributed by atoms with Crippen molar-refractivity contribution in [2.45, 2.75) is 19.4 Å². The predicted molar refractivity (Wildman–Crippen MR) is 81.9 cm³/mol. The van der Waals surface area contributed by atoms with Crippen LogP contribution in [0.1, 0.15) is 18.4 Å². The maximum Gasteiger partial charge on any atom is 0.318 e. The number of anilines is 1. The molecule has 1 heterocycles. The van der Waals surface area contributed by atoms with Crippen LogP contribution in [0.15, 0.2) is 24.3 Å². The third-order valence-corrected chi connectivity index (χ3v) is 3.54. The number of carbonyl (C=O) groups is 1. The number of amides is 2. The van der Waals surface area contributed by atoms with Crippen LogP contribution >= 0.6 is 0 Å². The van der Waals surface area contributed by atoms with Crippen molar-refractivity contribution in [2.24, 2.45) is 0 Å². The molecule has 1 aromatic carbocycles. The molecule has 5 heteroatoms. The topological polar surface area (TPSA) is 56.4 Å². The summed E-state index contributed by atoms with van der Waals surface area (Å²) in [5.74, 6) is 0. The van der Waals surface area contributed by atoms with E-state index in [4.69, 9.17) is 0 Å². The monoisotopic (exact) mass is 276 g/mol. The fourth-order valence-corrected chi connectivity index (χ4v) is 2.43. The highest BCUT2D eigenvalue weighted by Gasteiger charge is 2.09. The molecule has 0 aromatic heterocycles. The summed E-state index contributed by atoms with van der Waals surface area (Å²) in [6.07, 6.45) is 2.68. The highest BCUT2D eigenvalue weighted by molar-refractivity contribution is 5.89. The van der Waals surface area contributed by atoms with Crippen molar-refractivity contribution < 1.29 is 4.79 Å². The zero-order valence-electron chi connectivity index (χ0n) is 12.1. The number of likely N-dealkylation sites (tertiary alicyclic amines) is 1. The predicted octanol–water partition coefficient (Wildman–Crippen LogP) is 1.62. The van der Waals surface area contributed by atoms with E-state index in [1.165, 1.54) is 31.5 Å². The van der Waals surface area contributed by atoms with E-state index in [0.29, 0.717) is 0 Å². The van der Waals surface area contributed by atoms with Crippen molar-refractivity contribution in [3.63, 3.8) is 0 Å². The van der Waals surface area contributed by atoms with Crippen LogP contribution in [0.25, 0.3) is 0 Å². The minimum Gasteiger partial charge on any atom is -0.341 e. The Kier molecular flexibility index (Phi) is 5.83. The Morgan fingerprint density at radius 3 is 2.85 bits per heavy atom. The van der Waals surface area contributed by atoms with Crippen molar-refractivity contribution in [2.75, 3.05) is 38.5 Å². The zero-order valence-corrected chi connectivity index (χ0v) is 12.1. The van der Waals surface area contributed by atoms with E-state index in [1.54, 1.807) is 7.05 Å². The largest absolute Gasteiger partial charge is 0.341 e. The van der Waals surface area contributed by atoms with Crippen LogP contribution in [-0.4, -0.2) is 44.2 Å². The van der Waals surface area contributed by atoms with Crippen molar-refractivity contribution in [1.29, 1.82) is 0 Å². The van der Waals surface area contributed by atoms with Gasteiger partial charge < -0.3 is 20.9 Å². The molecule has 2 amide bonds. The first-order valence-corrected chi connectivity index (χ1v) is 7.28. The highest BCUT2D eigenvalue weighted by atomic mass is 16.2. The van der Waals surface area contributed by atoms with Gasteiger partial charge in [-0.1, -0.05) is 12.1 Å². The summed E-state index contributed by atoms with van der Waals surface area (Å²) in [4.78, 5) is 13.8. The lowest BCUT2D eigenvalue weighted by atomic mass is 10.2. The molecule has 0 aliphatic carbocycles. The average Bonchev–Trinajstić information content (AvgIpc) is 2.97. The second kappa shape index (κ2) is 7.87. The van der Waals surface area contributed by atoms with Crippen LogP contribution in [0.5, 0.6) is 0 Å². The summed E-state index contributed by atoms with van der Waals surface area (Å²) < 4.78 is 0. The van der Waals surface area contributed by atoms with Gasteiger partial charge in [-0.15, -0.1) is 0 Å². The van der Waals surface area contributed by atoms with Crippen molar-refractivity contribution in [1.82, 2.24) is 15.5 Å². The molecule has 20 heavy (non-hydrogen) atoms. The normalized spacial score (nSPS) is 15.2. The lowest BCUT2D eigenvalue weighted by Gasteiger charge is -2.15. The van der Waals surface area contributed by atoms with Gasteiger partial charge in [-0.25, -0.2) is 4.79 Å². The maximum atomic E-state index is 11.3. The van der Waals surface area contributed by atoms with Crippen LogP contribution in [0.4, 0.5) is 10.5 Å². The van der Waals surface area contributed by atoms with Gasteiger partial charge in [0.1, 0.15) is 0 Å². The summed E-state index contributed by atoms with van der Waals surface area (Å²) >= 11 is 0. The molecule has 3 N–H and O–H groups in total. The molecule has 0 saturated carbocycles. The SMILES string of the molecule is CNC(=O)Nc1cccc(CNCCN2CCCC2)c1. The third-order valence-electron chi connectivity index (χ3n) is 3.54. The van der Waals surface area contributed by atoms with Crippen molar-refractivity contribution in [3.05, 3.63) is 29.8 Å². The molecule has 0 radical (unpaired) electrons. The lowest BCUT2D eigenvalue weighted by molar-refractivity contribution is 0.254. The minimum atomic E-state index is -0.191. The Bertz CT molecular complexity index is 430. The second-order valence-corrected chi connectivity index (χ2v) is 5.13. The summed E-state index contributed by atoms with van der Waals surface area (Å²) in [5, 5.41) is 8.78. The highest BCUT2D eigenvalue weighted by Crippen LogP contribution is 2.10. The van der Waals surface area contributed by atoms with Gasteiger partial charge in [-0.3, -0.25) is 0 Å². The van der Waals surface area contributed by atoms with Gasteiger partial charge >= 0.3 is 6.03 Å². The maximum absolute atomic E-state index is 11.3. The molecule has 0 spiro atoms. The molecular weight excluding hydrogens is 252 g/mol. The van der Waals surface area contributed by atoms with Gasteiger partial charge in [0, 0.05) is 32.4 Å².